The van der Waals surface area contributed by atoms with Crippen LogP contribution in [0.15, 0.2) is 23.0 Å². The van der Waals surface area contributed by atoms with Crippen molar-refractivity contribution in [3.63, 3.8) is 0 Å². The molecule has 0 bridgehead atoms. The van der Waals surface area contributed by atoms with Gasteiger partial charge in [-0.25, -0.2) is 0 Å². The SMILES string of the molecule is Cc1c(-c2cccc(=O)[nH]2)nn(C)c1N. The van der Waals surface area contributed by atoms with E-state index in [1.54, 1.807) is 23.9 Å². The van der Waals surface area contributed by atoms with Gasteiger partial charge in [0.15, 0.2) is 0 Å². The number of nitrogens with one attached hydrogen (secondary N) is 1. The van der Waals surface area contributed by atoms with Crippen LogP contribution >= 0.6 is 0 Å². The summed E-state index contributed by atoms with van der Waals surface area (Å²) in [4.78, 5) is 13.9. The van der Waals surface area contributed by atoms with E-state index >= 15 is 0 Å². The van der Waals surface area contributed by atoms with Gasteiger partial charge in [0.1, 0.15) is 11.5 Å². The first-order chi connectivity index (χ1) is 7.09. The maximum atomic E-state index is 11.1. The van der Waals surface area contributed by atoms with Crippen molar-refractivity contribution in [1.82, 2.24) is 14.8 Å². The van der Waals surface area contributed by atoms with E-state index in [2.05, 4.69) is 10.1 Å². The van der Waals surface area contributed by atoms with Crippen LogP contribution in [0.4, 0.5) is 5.82 Å². The van der Waals surface area contributed by atoms with E-state index in [-0.39, 0.29) is 5.56 Å². The van der Waals surface area contributed by atoms with Crippen molar-refractivity contribution in [3.05, 3.63) is 34.1 Å². The molecular weight excluding hydrogens is 192 g/mol. The molecule has 0 aromatic carbocycles. The summed E-state index contributed by atoms with van der Waals surface area (Å²) >= 11 is 0. The summed E-state index contributed by atoms with van der Waals surface area (Å²) in [7, 11) is 1.77. The summed E-state index contributed by atoms with van der Waals surface area (Å²) in [6.07, 6.45) is 0. The summed E-state index contributed by atoms with van der Waals surface area (Å²) in [6, 6.07) is 4.96. The van der Waals surface area contributed by atoms with E-state index in [0.717, 1.165) is 5.56 Å². The van der Waals surface area contributed by atoms with E-state index < -0.39 is 0 Å². The number of nitrogens with zero attached hydrogens (tertiary/aromatic N) is 2. The van der Waals surface area contributed by atoms with Crippen LogP contribution in [0.1, 0.15) is 5.56 Å². The average molecular weight is 204 g/mol. The van der Waals surface area contributed by atoms with Gasteiger partial charge in [0.25, 0.3) is 0 Å². The van der Waals surface area contributed by atoms with Gasteiger partial charge in [0.05, 0.1) is 5.69 Å². The first kappa shape index (κ1) is 9.51. The number of aromatic nitrogens is 3. The van der Waals surface area contributed by atoms with Crippen LogP contribution in [-0.4, -0.2) is 14.8 Å². The van der Waals surface area contributed by atoms with E-state index in [4.69, 9.17) is 5.73 Å². The molecule has 0 spiro atoms. The molecule has 2 heterocycles. The number of nitrogen functional groups attached to an aromatic ring is 1. The Morgan fingerprint density at radius 3 is 2.73 bits per heavy atom. The Morgan fingerprint density at radius 2 is 2.20 bits per heavy atom. The summed E-state index contributed by atoms with van der Waals surface area (Å²) in [5.74, 6) is 0.606. The molecular formula is C10H12N4O. The highest BCUT2D eigenvalue weighted by atomic mass is 16.1. The molecule has 5 heteroatoms. The Kier molecular flexibility index (Phi) is 2.07. The molecule has 0 aliphatic rings. The van der Waals surface area contributed by atoms with Crippen LogP contribution in [0.2, 0.25) is 0 Å². The molecule has 0 amide bonds. The quantitative estimate of drug-likeness (QED) is 0.716. The fourth-order valence-electron chi connectivity index (χ4n) is 1.48. The Bertz CT molecular complexity index is 553. The molecule has 0 aliphatic heterocycles. The van der Waals surface area contributed by atoms with Gasteiger partial charge in [-0.1, -0.05) is 6.07 Å². The zero-order valence-corrected chi connectivity index (χ0v) is 8.61. The number of aryl methyl sites for hydroxylation is 1. The van der Waals surface area contributed by atoms with Gasteiger partial charge >= 0.3 is 0 Å². The molecule has 78 valence electrons. The van der Waals surface area contributed by atoms with Gasteiger partial charge in [-0.05, 0) is 13.0 Å². The molecule has 3 N–H and O–H groups in total. The lowest BCUT2D eigenvalue weighted by Gasteiger charge is -1.96. The molecule has 0 saturated heterocycles. The van der Waals surface area contributed by atoms with Gasteiger partial charge in [-0.3, -0.25) is 9.48 Å². The van der Waals surface area contributed by atoms with Crippen molar-refractivity contribution >= 4 is 5.82 Å². The molecule has 0 unspecified atom stereocenters. The Labute approximate surface area is 86.5 Å². The number of H-pyrrole nitrogens is 1. The largest absolute Gasteiger partial charge is 0.384 e. The molecule has 0 aliphatic carbocycles. The zero-order valence-electron chi connectivity index (χ0n) is 8.61. The minimum absolute atomic E-state index is 0.142. The molecule has 15 heavy (non-hydrogen) atoms. The lowest BCUT2D eigenvalue weighted by Crippen LogP contribution is -2.04. The normalized spacial score (nSPS) is 10.5. The highest BCUT2D eigenvalue weighted by molar-refractivity contribution is 5.64. The minimum Gasteiger partial charge on any atom is -0.384 e. The lowest BCUT2D eigenvalue weighted by atomic mass is 10.2. The van der Waals surface area contributed by atoms with Crippen LogP contribution < -0.4 is 11.3 Å². The highest BCUT2D eigenvalue weighted by Gasteiger charge is 2.11. The van der Waals surface area contributed by atoms with Crippen LogP contribution in [0, 0.1) is 6.92 Å². The van der Waals surface area contributed by atoms with E-state index in [9.17, 15) is 4.79 Å². The number of hydrogen-bond acceptors (Lipinski definition) is 3. The Morgan fingerprint density at radius 1 is 1.47 bits per heavy atom. The van der Waals surface area contributed by atoms with Crippen LogP contribution in [0.5, 0.6) is 0 Å². The predicted octanol–water partition coefficient (Wildman–Crippen LogP) is 0.666. The smallest absolute Gasteiger partial charge is 0.248 e. The van der Waals surface area contributed by atoms with Crippen molar-refractivity contribution in [2.75, 3.05) is 5.73 Å². The zero-order chi connectivity index (χ0) is 11.0. The topological polar surface area (TPSA) is 76.7 Å². The number of pyridine rings is 1. The van der Waals surface area contributed by atoms with Crippen molar-refractivity contribution in [2.45, 2.75) is 6.92 Å². The van der Waals surface area contributed by atoms with E-state index in [0.29, 0.717) is 17.2 Å². The second kappa shape index (κ2) is 3.27. The fourth-order valence-corrected chi connectivity index (χ4v) is 1.48. The predicted molar refractivity (Wildman–Crippen MR) is 58.4 cm³/mol. The second-order valence-electron chi connectivity index (χ2n) is 3.41. The molecule has 2 rings (SSSR count). The summed E-state index contributed by atoms with van der Waals surface area (Å²) in [6.45, 7) is 1.88. The van der Waals surface area contributed by atoms with Gasteiger partial charge < -0.3 is 10.7 Å². The maximum absolute atomic E-state index is 11.1. The first-order valence-corrected chi connectivity index (χ1v) is 4.58. The summed E-state index contributed by atoms with van der Waals surface area (Å²) in [5, 5.41) is 4.24. The highest BCUT2D eigenvalue weighted by Crippen LogP contribution is 2.22. The second-order valence-corrected chi connectivity index (χ2v) is 3.41. The van der Waals surface area contributed by atoms with E-state index in [1.165, 1.54) is 6.07 Å². The van der Waals surface area contributed by atoms with Gasteiger partial charge in [0, 0.05) is 18.7 Å². The molecule has 0 fully saturated rings. The van der Waals surface area contributed by atoms with Gasteiger partial charge in [0.2, 0.25) is 5.56 Å². The molecule has 5 nitrogen and oxygen atoms in total. The number of nitrogens with two attached hydrogens (primary N) is 1. The Balaban J connectivity index is 2.64. The maximum Gasteiger partial charge on any atom is 0.248 e. The molecule has 2 aromatic rings. The van der Waals surface area contributed by atoms with Crippen LogP contribution in [0.3, 0.4) is 0 Å². The van der Waals surface area contributed by atoms with Crippen LogP contribution in [0.25, 0.3) is 11.4 Å². The van der Waals surface area contributed by atoms with Crippen molar-refractivity contribution < 1.29 is 0 Å². The number of hydrogen-bond donors (Lipinski definition) is 2. The molecule has 0 radical (unpaired) electrons. The Hall–Kier alpha value is -2.04. The third kappa shape index (κ3) is 1.52. The minimum atomic E-state index is -0.142. The lowest BCUT2D eigenvalue weighted by molar-refractivity contribution is 0.781. The van der Waals surface area contributed by atoms with E-state index in [1.807, 2.05) is 6.92 Å². The molecule has 2 aromatic heterocycles. The van der Waals surface area contributed by atoms with Gasteiger partial charge in [-0.2, -0.15) is 5.10 Å². The average Bonchev–Trinajstić information content (AvgIpc) is 2.46. The van der Waals surface area contributed by atoms with Crippen LogP contribution in [-0.2, 0) is 7.05 Å². The van der Waals surface area contributed by atoms with Crippen molar-refractivity contribution in [3.8, 4) is 11.4 Å². The third-order valence-electron chi connectivity index (χ3n) is 2.36. The van der Waals surface area contributed by atoms with Crippen molar-refractivity contribution in [2.24, 2.45) is 7.05 Å². The third-order valence-corrected chi connectivity index (χ3v) is 2.36. The van der Waals surface area contributed by atoms with Gasteiger partial charge in [-0.15, -0.1) is 0 Å². The number of rotatable bonds is 1. The molecule has 0 saturated carbocycles. The standard InChI is InChI=1S/C10H12N4O/c1-6-9(13-14(2)10(6)11)7-4-3-5-8(15)12-7/h3-5H,11H2,1-2H3,(H,12,15). The molecule has 0 atom stereocenters. The fraction of sp³-hybridized carbons (Fsp3) is 0.200. The summed E-state index contributed by atoms with van der Waals surface area (Å²) in [5.41, 5.74) is 7.92. The number of aromatic amines is 1. The number of anilines is 1. The first-order valence-electron chi connectivity index (χ1n) is 4.58. The van der Waals surface area contributed by atoms with Crippen molar-refractivity contribution in [1.29, 1.82) is 0 Å². The summed E-state index contributed by atoms with van der Waals surface area (Å²) < 4.78 is 1.59. The monoisotopic (exact) mass is 204 g/mol.